The Bertz CT molecular complexity index is 231. The van der Waals surface area contributed by atoms with Crippen molar-refractivity contribution in [2.24, 2.45) is 11.1 Å². The summed E-state index contributed by atoms with van der Waals surface area (Å²) in [5, 5.41) is 0. The van der Waals surface area contributed by atoms with Crippen LogP contribution < -0.4 is 5.73 Å². The molecular formula is C11H20N2O. The molecule has 0 unspecified atom stereocenters. The second-order valence-electron chi connectivity index (χ2n) is 4.57. The molecule has 0 heterocycles. The van der Waals surface area contributed by atoms with Gasteiger partial charge in [0, 0.05) is 19.1 Å². The molecule has 1 amide bonds. The first kappa shape index (κ1) is 11.2. The highest BCUT2D eigenvalue weighted by atomic mass is 16.2. The number of amides is 1. The molecule has 3 nitrogen and oxygen atoms in total. The molecule has 1 rings (SSSR count). The van der Waals surface area contributed by atoms with Crippen LogP contribution in [-0.4, -0.2) is 29.9 Å². The molecule has 14 heavy (non-hydrogen) atoms. The average Bonchev–Trinajstić information content (AvgIpc) is 2.96. The van der Waals surface area contributed by atoms with E-state index in [9.17, 15) is 4.79 Å². The van der Waals surface area contributed by atoms with Crippen molar-refractivity contribution < 1.29 is 4.79 Å². The lowest BCUT2D eigenvalue weighted by atomic mass is 9.91. The lowest BCUT2D eigenvalue weighted by Crippen LogP contribution is -2.45. The fraction of sp³-hybridized carbons (Fsp3) is 0.727. The van der Waals surface area contributed by atoms with Crippen LogP contribution in [0.1, 0.15) is 26.7 Å². The van der Waals surface area contributed by atoms with E-state index in [2.05, 4.69) is 6.58 Å². The van der Waals surface area contributed by atoms with Gasteiger partial charge in [0.25, 0.3) is 0 Å². The minimum Gasteiger partial charge on any atom is -0.336 e. The van der Waals surface area contributed by atoms with Gasteiger partial charge < -0.3 is 10.6 Å². The van der Waals surface area contributed by atoms with Gasteiger partial charge in [0.2, 0.25) is 5.91 Å². The summed E-state index contributed by atoms with van der Waals surface area (Å²) in [5.74, 6) is 0.155. The van der Waals surface area contributed by atoms with Gasteiger partial charge in [0.05, 0.1) is 5.41 Å². The van der Waals surface area contributed by atoms with Crippen molar-refractivity contribution in [3.8, 4) is 0 Å². The van der Waals surface area contributed by atoms with E-state index in [0.29, 0.717) is 19.1 Å². The van der Waals surface area contributed by atoms with Gasteiger partial charge in [-0.15, -0.1) is 6.58 Å². The van der Waals surface area contributed by atoms with Crippen molar-refractivity contribution in [3.05, 3.63) is 12.7 Å². The van der Waals surface area contributed by atoms with Crippen LogP contribution in [0.4, 0.5) is 0 Å². The summed E-state index contributed by atoms with van der Waals surface area (Å²) in [6.07, 6.45) is 4.03. The maximum Gasteiger partial charge on any atom is 0.230 e. The van der Waals surface area contributed by atoms with E-state index in [1.807, 2.05) is 18.7 Å². The first-order chi connectivity index (χ1) is 6.53. The first-order valence-corrected chi connectivity index (χ1v) is 5.15. The maximum atomic E-state index is 12.1. The Labute approximate surface area is 86.0 Å². The quantitative estimate of drug-likeness (QED) is 0.670. The third-order valence-electron chi connectivity index (χ3n) is 2.66. The Morgan fingerprint density at radius 1 is 1.64 bits per heavy atom. The second kappa shape index (κ2) is 4.13. The molecule has 0 atom stereocenters. The summed E-state index contributed by atoms with van der Waals surface area (Å²) >= 11 is 0. The van der Waals surface area contributed by atoms with Gasteiger partial charge in [-0.25, -0.2) is 0 Å². The summed E-state index contributed by atoms with van der Waals surface area (Å²) < 4.78 is 0. The smallest absolute Gasteiger partial charge is 0.230 e. The number of hydrogen-bond donors (Lipinski definition) is 1. The van der Waals surface area contributed by atoms with Crippen LogP contribution in [0.3, 0.4) is 0 Å². The van der Waals surface area contributed by atoms with E-state index >= 15 is 0 Å². The highest BCUT2D eigenvalue weighted by Gasteiger charge is 2.38. The van der Waals surface area contributed by atoms with Gasteiger partial charge in [-0.1, -0.05) is 6.08 Å². The highest BCUT2D eigenvalue weighted by molar-refractivity contribution is 5.83. The van der Waals surface area contributed by atoms with E-state index in [-0.39, 0.29) is 5.91 Å². The number of nitrogens with two attached hydrogens (primary N) is 1. The minimum absolute atomic E-state index is 0.155. The minimum atomic E-state index is -0.439. The predicted molar refractivity (Wildman–Crippen MR) is 57.8 cm³/mol. The van der Waals surface area contributed by atoms with Crippen molar-refractivity contribution in [2.45, 2.75) is 32.7 Å². The molecule has 1 fully saturated rings. The third kappa shape index (κ3) is 2.35. The van der Waals surface area contributed by atoms with Crippen LogP contribution in [0.15, 0.2) is 12.7 Å². The molecular weight excluding hydrogens is 176 g/mol. The van der Waals surface area contributed by atoms with E-state index in [4.69, 9.17) is 5.73 Å². The van der Waals surface area contributed by atoms with Crippen LogP contribution in [0.25, 0.3) is 0 Å². The third-order valence-corrected chi connectivity index (χ3v) is 2.66. The first-order valence-electron chi connectivity index (χ1n) is 5.15. The number of rotatable bonds is 5. The predicted octanol–water partition coefficient (Wildman–Crippen LogP) is 1.15. The Morgan fingerprint density at radius 3 is 2.57 bits per heavy atom. The summed E-state index contributed by atoms with van der Waals surface area (Å²) in [6, 6.07) is 0.436. The lowest BCUT2D eigenvalue weighted by Gasteiger charge is -2.30. The van der Waals surface area contributed by atoms with Crippen molar-refractivity contribution in [1.29, 1.82) is 0 Å². The molecule has 0 aromatic carbocycles. The molecule has 1 aliphatic carbocycles. The molecule has 0 bridgehead atoms. The largest absolute Gasteiger partial charge is 0.336 e. The fourth-order valence-electron chi connectivity index (χ4n) is 1.40. The molecule has 2 N–H and O–H groups in total. The summed E-state index contributed by atoms with van der Waals surface area (Å²) in [5.41, 5.74) is 5.15. The zero-order valence-corrected chi connectivity index (χ0v) is 9.12. The van der Waals surface area contributed by atoms with E-state index < -0.39 is 5.41 Å². The Hall–Kier alpha value is -0.830. The molecule has 0 spiro atoms. The van der Waals surface area contributed by atoms with Crippen molar-refractivity contribution >= 4 is 5.91 Å². The summed E-state index contributed by atoms with van der Waals surface area (Å²) in [4.78, 5) is 14.0. The molecule has 0 saturated heterocycles. The second-order valence-corrected chi connectivity index (χ2v) is 4.57. The SMILES string of the molecule is C=CCN(C(=O)C(C)(C)CN)C1CC1. The monoisotopic (exact) mass is 196 g/mol. The molecule has 0 aromatic heterocycles. The van der Waals surface area contributed by atoms with Crippen LogP contribution in [0.5, 0.6) is 0 Å². The standard InChI is InChI=1S/C11H20N2O/c1-4-7-13(9-5-6-9)10(14)11(2,3)8-12/h4,9H,1,5-8,12H2,2-3H3. The van der Waals surface area contributed by atoms with Gasteiger partial charge in [-0.2, -0.15) is 0 Å². The topological polar surface area (TPSA) is 46.3 Å². The van der Waals surface area contributed by atoms with Gasteiger partial charge in [0.15, 0.2) is 0 Å². The van der Waals surface area contributed by atoms with E-state index in [1.165, 1.54) is 0 Å². The Kier molecular flexibility index (Phi) is 3.32. The van der Waals surface area contributed by atoms with Crippen LogP contribution in [0.2, 0.25) is 0 Å². The number of carbonyl (C=O) groups excluding carboxylic acids is 1. The molecule has 80 valence electrons. The van der Waals surface area contributed by atoms with E-state index in [0.717, 1.165) is 12.8 Å². The molecule has 0 radical (unpaired) electrons. The Balaban J connectivity index is 2.67. The zero-order chi connectivity index (χ0) is 10.8. The molecule has 1 aliphatic rings. The maximum absolute atomic E-state index is 12.1. The van der Waals surface area contributed by atoms with Gasteiger partial charge in [-0.05, 0) is 26.7 Å². The molecule has 0 aliphatic heterocycles. The van der Waals surface area contributed by atoms with Crippen molar-refractivity contribution in [2.75, 3.05) is 13.1 Å². The van der Waals surface area contributed by atoms with Gasteiger partial charge in [-0.3, -0.25) is 4.79 Å². The van der Waals surface area contributed by atoms with Crippen molar-refractivity contribution in [3.63, 3.8) is 0 Å². The fourth-order valence-corrected chi connectivity index (χ4v) is 1.40. The zero-order valence-electron chi connectivity index (χ0n) is 9.12. The average molecular weight is 196 g/mol. The lowest BCUT2D eigenvalue weighted by molar-refractivity contribution is -0.139. The van der Waals surface area contributed by atoms with Crippen molar-refractivity contribution in [1.82, 2.24) is 4.90 Å². The molecule has 1 saturated carbocycles. The number of carbonyl (C=O) groups is 1. The van der Waals surface area contributed by atoms with Crippen LogP contribution >= 0.6 is 0 Å². The van der Waals surface area contributed by atoms with Crippen LogP contribution in [0, 0.1) is 5.41 Å². The molecule has 0 aromatic rings. The summed E-state index contributed by atoms with van der Waals surface area (Å²) in [6.45, 7) is 8.51. The Morgan fingerprint density at radius 2 is 2.21 bits per heavy atom. The van der Waals surface area contributed by atoms with Gasteiger partial charge >= 0.3 is 0 Å². The number of nitrogens with zero attached hydrogens (tertiary/aromatic N) is 1. The highest BCUT2D eigenvalue weighted by Crippen LogP contribution is 2.30. The molecule has 3 heteroatoms. The summed E-state index contributed by atoms with van der Waals surface area (Å²) in [7, 11) is 0. The number of hydrogen-bond acceptors (Lipinski definition) is 2. The van der Waals surface area contributed by atoms with E-state index in [1.54, 1.807) is 6.08 Å². The van der Waals surface area contributed by atoms with Crippen LogP contribution in [-0.2, 0) is 4.79 Å². The normalized spacial score (nSPS) is 16.5. The van der Waals surface area contributed by atoms with Gasteiger partial charge in [0.1, 0.15) is 0 Å².